The maximum Gasteiger partial charge on any atom is 4.00 e. The Bertz CT molecular complexity index is 8.49. The standard InChI is InChI=1S/Mo.Ni.6H2O/h;;6*1H2/q+4;+2;;;;;;/p-6. The van der Waals surface area contributed by atoms with Crippen LogP contribution in [0.2, 0.25) is 0 Å². The summed E-state index contributed by atoms with van der Waals surface area (Å²) in [6.07, 6.45) is 0. The van der Waals surface area contributed by atoms with Gasteiger partial charge in [-0.15, -0.1) is 0 Å². The van der Waals surface area contributed by atoms with E-state index >= 15 is 0 Å². The van der Waals surface area contributed by atoms with E-state index in [1.54, 1.807) is 0 Å². The quantitative estimate of drug-likeness (QED) is 0.497. The van der Waals surface area contributed by atoms with Crippen LogP contribution in [0.15, 0.2) is 0 Å². The first kappa shape index (κ1) is 636. The normalized spacial score (nSPS) is 0. The minimum Gasteiger partial charge on any atom is -0.870 e. The number of rotatable bonds is 0. The van der Waals surface area contributed by atoms with Crippen LogP contribution in [0.4, 0.5) is 0 Å². The van der Waals surface area contributed by atoms with Crippen molar-refractivity contribution in [3.63, 3.8) is 0 Å². The van der Waals surface area contributed by atoms with Crippen molar-refractivity contribution >= 4 is 0 Å². The Labute approximate surface area is 70.7 Å². The Morgan fingerprint density at radius 3 is 0.375 bits per heavy atom. The van der Waals surface area contributed by atoms with Gasteiger partial charge >= 0.3 is 37.6 Å². The molecule has 0 saturated carbocycles. The molecule has 0 atom stereocenters. The van der Waals surface area contributed by atoms with E-state index in [9.17, 15) is 0 Å². The third-order valence-electron chi connectivity index (χ3n) is 0. The van der Waals surface area contributed by atoms with Crippen molar-refractivity contribution in [1.82, 2.24) is 0 Å². The van der Waals surface area contributed by atoms with Crippen LogP contribution in [0.25, 0.3) is 0 Å². The molecule has 0 aliphatic rings. The molecule has 0 radical (unpaired) electrons. The molecule has 0 aliphatic carbocycles. The van der Waals surface area contributed by atoms with E-state index < -0.39 is 0 Å². The number of hydrogen-bond acceptors (Lipinski definition) is 6. The summed E-state index contributed by atoms with van der Waals surface area (Å²) in [5.41, 5.74) is 0. The Morgan fingerprint density at radius 1 is 0.375 bits per heavy atom. The molecule has 8 heavy (non-hydrogen) atoms. The van der Waals surface area contributed by atoms with Crippen LogP contribution in [-0.2, 0) is 37.6 Å². The second-order valence-corrected chi connectivity index (χ2v) is 0. The van der Waals surface area contributed by atoms with E-state index in [1.165, 1.54) is 0 Å². The van der Waals surface area contributed by atoms with Gasteiger partial charge in [0.25, 0.3) is 0 Å². The summed E-state index contributed by atoms with van der Waals surface area (Å²) in [5.74, 6) is 0. The largest absolute Gasteiger partial charge is 4.00 e. The maximum atomic E-state index is 0. The summed E-state index contributed by atoms with van der Waals surface area (Å²) in [4.78, 5) is 0. The van der Waals surface area contributed by atoms with Crippen molar-refractivity contribution < 1.29 is 70.4 Å². The third-order valence-corrected chi connectivity index (χ3v) is 0. The van der Waals surface area contributed by atoms with Crippen molar-refractivity contribution in [2.45, 2.75) is 0 Å². The van der Waals surface area contributed by atoms with Gasteiger partial charge in [-0.25, -0.2) is 0 Å². The predicted octanol–water partition coefficient (Wildman–Crippen LogP) is -1.07. The summed E-state index contributed by atoms with van der Waals surface area (Å²) in [5, 5.41) is 0. The van der Waals surface area contributed by atoms with Crippen LogP contribution >= 0.6 is 0 Å². The smallest absolute Gasteiger partial charge is 0.870 e. The van der Waals surface area contributed by atoms with E-state index in [-0.39, 0.29) is 70.4 Å². The fourth-order valence-corrected chi connectivity index (χ4v) is 0. The third kappa shape index (κ3) is 276. The van der Waals surface area contributed by atoms with Crippen LogP contribution in [0.1, 0.15) is 0 Å². The Kier molecular flexibility index (Phi) is 34300. The van der Waals surface area contributed by atoms with Gasteiger partial charge in [0.05, 0.1) is 0 Å². The summed E-state index contributed by atoms with van der Waals surface area (Å²) >= 11 is 0. The molecule has 0 aliphatic heterocycles. The Balaban J connectivity index is 0. The summed E-state index contributed by atoms with van der Waals surface area (Å²) < 4.78 is 0. The van der Waals surface area contributed by atoms with Crippen LogP contribution in [0.5, 0.6) is 0 Å². The minimum absolute atomic E-state index is 0. The molecule has 0 rings (SSSR count). The van der Waals surface area contributed by atoms with Crippen molar-refractivity contribution in [1.29, 1.82) is 0 Å². The van der Waals surface area contributed by atoms with Crippen LogP contribution in [-0.4, -0.2) is 32.9 Å². The van der Waals surface area contributed by atoms with Gasteiger partial charge in [0.2, 0.25) is 0 Å². The first-order valence-corrected chi connectivity index (χ1v) is 0. The Hall–Kier alpha value is 0.942. The van der Waals surface area contributed by atoms with E-state index in [2.05, 4.69) is 0 Å². The van der Waals surface area contributed by atoms with Crippen LogP contribution in [0.3, 0.4) is 0 Å². The second-order valence-electron chi connectivity index (χ2n) is 0. The zero-order chi connectivity index (χ0) is 0. The molecule has 0 amide bonds. The molecular formula is H6MoNiO6. The van der Waals surface area contributed by atoms with Crippen molar-refractivity contribution in [2.75, 3.05) is 0 Å². The molecule has 0 spiro atoms. The molecule has 6 N–H and O–H groups in total. The van der Waals surface area contributed by atoms with E-state index in [0.717, 1.165) is 0 Å². The van der Waals surface area contributed by atoms with Crippen molar-refractivity contribution in [3.05, 3.63) is 0 Å². The summed E-state index contributed by atoms with van der Waals surface area (Å²) in [7, 11) is 0. The molecule has 0 aromatic heterocycles. The monoisotopic (exact) mass is 258 g/mol. The van der Waals surface area contributed by atoms with Gasteiger partial charge in [0.15, 0.2) is 0 Å². The summed E-state index contributed by atoms with van der Waals surface area (Å²) in [6, 6.07) is 0. The van der Waals surface area contributed by atoms with E-state index in [4.69, 9.17) is 0 Å². The zero-order valence-electron chi connectivity index (χ0n) is 3.41. The van der Waals surface area contributed by atoms with Crippen molar-refractivity contribution in [3.8, 4) is 0 Å². The molecule has 0 heterocycles. The molecule has 0 aromatic rings. The molecule has 0 bridgehead atoms. The van der Waals surface area contributed by atoms with E-state index in [1.807, 2.05) is 0 Å². The fraction of sp³-hybridized carbons (Fsp3) is 0. The SMILES string of the molecule is [Mo+4].[Ni+2].[OH-].[OH-].[OH-].[OH-].[OH-].[OH-]. The van der Waals surface area contributed by atoms with Crippen molar-refractivity contribution in [2.24, 2.45) is 0 Å². The van der Waals surface area contributed by atoms with Gasteiger partial charge in [0.1, 0.15) is 0 Å². The molecule has 8 heteroatoms. The molecule has 0 fully saturated rings. The first-order chi connectivity index (χ1) is 0. The molecular weight excluding hydrogens is 251 g/mol. The topological polar surface area (TPSA) is 180 Å². The Morgan fingerprint density at radius 2 is 0.375 bits per heavy atom. The molecule has 0 aromatic carbocycles. The summed E-state index contributed by atoms with van der Waals surface area (Å²) in [6.45, 7) is 0. The number of hydrogen-bond donors (Lipinski definition) is 0. The fourth-order valence-electron chi connectivity index (χ4n) is 0. The van der Waals surface area contributed by atoms with Gasteiger partial charge in [-0.1, -0.05) is 0 Å². The maximum absolute atomic E-state index is 0. The van der Waals surface area contributed by atoms with Gasteiger partial charge in [-0.2, -0.15) is 0 Å². The van der Waals surface area contributed by atoms with E-state index in [0.29, 0.717) is 0 Å². The minimum atomic E-state index is 0. The van der Waals surface area contributed by atoms with Gasteiger partial charge in [-0.05, 0) is 0 Å². The van der Waals surface area contributed by atoms with Crippen LogP contribution in [0, 0.1) is 0 Å². The van der Waals surface area contributed by atoms with Gasteiger partial charge in [-0.3, -0.25) is 0 Å². The average Bonchev–Trinajstić information content (AvgIpc) is 0. The molecule has 58 valence electrons. The molecule has 0 saturated heterocycles. The first-order valence-electron chi connectivity index (χ1n) is 0. The average molecular weight is 257 g/mol. The van der Waals surface area contributed by atoms with Gasteiger partial charge < -0.3 is 32.9 Å². The molecule has 0 unspecified atom stereocenters. The van der Waals surface area contributed by atoms with Gasteiger partial charge in [0, 0.05) is 0 Å². The molecule has 6 nitrogen and oxygen atoms in total. The predicted molar refractivity (Wildman–Crippen MR) is 11.6 cm³/mol. The van der Waals surface area contributed by atoms with Crippen LogP contribution < -0.4 is 0 Å². The zero-order valence-corrected chi connectivity index (χ0v) is 6.40. The second kappa shape index (κ2) is 431.